The largest absolute Gasteiger partial charge is 0.489 e. The Hall–Kier alpha value is -2.84. The monoisotopic (exact) mass is 451 g/mol. The molecular formula is C20H19Cl2N3O5. The minimum Gasteiger partial charge on any atom is -0.489 e. The number of amides is 2. The number of hydrogen-bond acceptors (Lipinski definition) is 5. The molecule has 1 aliphatic rings. The Morgan fingerprint density at radius 3 is 2.47 bits per heavy atom. The van der Waals surface area contributed by atoms with Gasteiger partial charge in [0.25, 0.3) is 11.6 Å². The number of non-ortho nitro benzene ring substituents is 1. The normalized spacial score (nSPS) is 14.3. The molecule has 0 spiro atoms. The number of piperidine rings is 1. The smallest absolute Gasteiger partial charge is 0.271 e. The first-order valence-electron chi connectivity index (χ1n) is 9.21. The first kappa shape index (κ1) is 21.9. The molecule has 0 radical (unpaired) electrons. The Bertz CT molecular complexity index is 990. The van der Waals surface area contributed by atoms with Gasteiger partial charge in [-0.3, -0.25) is 19.7 Å². The molecule has 0 saturated carbocycles. The van der Waals surface area contributed by atoms with Gasteiger partial charge in [-0.2, -0.15) is 0 Å². The lowest BCUT2D eigenvalue weighted by atomic mass is 10.1. The second-order valence-electron chi connectivity index (χ2n) is 6.84. The van der Waals surface area contributed by atoms with Crippen LogP contribution in [-0.4, -0.2) is 40.8 Å². The van der Waals surface area contributed by atoms with Crippen LogP contribution in [0.3, 0.4) is 0 Å². The fraction of sp³-hybridized carbons (Fsp3) is 0.300. The molecule has 3 rings (SSSR count). The van der Waals surface area contributed by atoms with Crippen molar-refractivity contribution >= 4 is 46.4 Å². The van der Waals surface area contributed by atoms with Crippen molar-refractivity contribution in [2.75, 3.05) is 18.4 Å². The summed E-state index contributed by atoms with van der Waals surface area (Å²) >= 11 is 12.1. The number of benzene rings is 2. The van der Waals surface area contributed by atoms with E-state index in [1.54, 1.807) is 17.0 Å². The zero-order chi connectivity index (χ0) is 21.8. The maximum absolute atomic E-state index is 12.8. The average molecular weight is 452 g/mol. The third kappa shape index (κ3) is 5.20. The van der Waals surface area contributed by atoms with Crippen LogP contribution in [0, 0.1) is 10.1 Å². The van der Waals surface area contributed by atoms with Crippen LogP contribution in [0.5, 0.6) is 5.75 Å². The zero-order valence-electron chi connectivity index (χ0n) is 16.1. The van der Waals surface area contributed by atoms with Crippen molar-refractivity contribution in [3.05, 3.63) is 62.1 Å². The van der Waals surface area contributed by atoms with E-state index in [4.69, 9.17) is 27.9 Å². The number of nitro groups is 1. The molecule has 0 aliphatic carbocycles. The van der Waals surface area contributed by atoms with Gasteiger partial charge in [0.1, 0.15) is 11.9 Å². The summed E-state index contributed by atoms with van der Waals surface area (Å²) < 4.78 is 6.03. The molecule has 0 unspecified atom stereocenters. The lowest BCUT2D eigenvalue weighted by Crippen LogP contribution is -2.40. The molecule has 8 nitrogen and oxygen atoms in total. The topological polar surface area (TPSA) is 102 Å². The standard InChI is InChI=1S/C20H19Cl2N3O5/c1-12(26)24-8-6-15(7-9-24)30-19-5-2-13(21)10-16(19)20(27)23-18-4-3-14(25(28)29)11-17(18)22/h2-5,10-11,15H,6-9H2,1H3,(H,23,27). The van der Waals surface area contributed by atoms with Gasteiger partial charge < -0.3 is 15.0 Å². The highest BCUT2D eigenvalue weighted by molar-refractivity contribution is 6.34. The first-order chi connectivity index (χ1) is 14.2. The number of likely N-dealkylation sites (tertiary alicyclic amines) is 1. The Labute approximate surface area is 182 Å². The number of nitro benzene ring substituents is 1. The first-order valence-corrected chi connectivity index (χ1v) is 9.97. The van der Waals surface area contributed by atoms with Crippen LogP contribution in [0.25, 0.3) is 0 Å². The van der Waals surface area contributed by atoms with Crippen LogP contribution in [0.15, 0.2) is 36.4 Å². The minimum absolute atomic E-state index is 0.0278. The molecule has 1 aliphatic heterocycles. The number of nitrogens with one attached hydrogen (secondary N) is 1. The Kier molecular flexibility index (Phi) is 6.79. The predicted octanol–water partition coefficient (Wildman–Crippen LogP) is 4.54. The van der Waals surface area contributed by atoms with Crippen molar-refractivity contribution in [1.82, 2.24) is 4.90 Å². The summed E-state index contributed by atoms with van der Waals surface area (Å²) in [6.07, 6.45) is 1.16. The van der Waals surface area contributed by atoms with Gasteiger partial charge in [0, 0.05) is 50.0 Å². The number of ether oxygens (including phenoxy) is 1. The third-order valence-corrected chi connectivity index (χ3v) is 5.33. The van der Waals surface area contributed by atoms with E-state index in [0.29, 0.717) is 36.7 Å². The number of hydrogen-bond donors (Lipinski definition) is 1. The molecule has 158 valence electrons. The number of anilines is 1. The summed E-state index contributed by atoms with van der Waals surface area (Å²) in [6, 6.07) is 8.50. The molecule has 0 bridgehead atoms. The van der Waals surface area contributed by atoms with E-state index in [1.165, 1.54) is 25.1 Å². The highest BCUT2D eigenvalue weighted by Gasteiger charge is 2.24. The zero-order valence-corrected chi connectivity index (χ0v) is 17.6. The number of halogens is 2. The fourth-order valence-electron chi connectivity index (χ4n) is 3.16. The molecular weight excluding hydrogens is 433 g/mol. The lowest BCUT2D eigenvalue weighted by Gasteiger charge is -2.31. The molecule has 1 saturated heterocycles. The summed E-state index contributed by atoms with van der Waals surface area (Å²) in [5.41, 5.74) is 0.264. The molecule has 1 heterocycles. The lowest BCUT2D eigenvalue weighted by molar-refractivity contribution is -0.384. The third-order valence-electron chi connectivity index (χ3n) is 4.78. The van der Waals surface area contributed by atoms with Gasteiger partial charge in [-0.25, -0.2) is 0 Å². The Morgan fingerprint density at radius 1 is 1.17 bits per heavy atom. The van der Waals surface area contributed by atoms with Crippen LogP contribution in [0.4, 0.5) is 11.4 Å². The molecule has 0 atom stereocenters. The maximum Gasteiger partial charge on any atom is 0.271 e. The van der Waals surface area contributed by atoms with E-state index in [2.05, 4.69) is 5.32 Å². The second kappa shape index (κ2) is 9.32. The van der Waals surface area contributed by atoms with Crippen molar-refractivity contribution in [3.63, 3.8) is 0 Å². The number of nitrogens with zero attached hydrogens (tertiary/aromatic N) is 2. The summed E-state index contributed by atoms with van der Waals surface area (Å²) in [7, 11) is 0. The SMILES string of the molecule is CC(=O)N1CCC(Oc2ccc(Cl)cc2C(=O)Nc2ccc([N+](=O)[O-])cc2Cl)CC1. The molecule has 0 aromatic heterocycles. The second-order valence-corrected chi connectivity index (χ2v) is 7.68. The van der Waals surface area contributed by atoms with Gasteiger partial charge in [-0.15, -0.1) is 0 Å². The fourth-order valence-corrected chi connectivity index (χ4v) is 3.55. The van der Waals surface area contributed by atoms with Crippen LogP contribution >= 0.6 is 23.2 Å². The Balaban J connectivity index is 1.76. The van der Waals surface area contributed by atoms with Crippen molar-refractivity contribution in [1.29, 1.82) is 0 Å². The van der Waals surface area contributed by atoms with Crippen LogP contribution in [-0.2, 0) is 4.79 Å². The van der Waals surface area contributed by atoms with Gasteiger partial charge in [0.2, 0.25) is 5.91 Å². The van der Waals surface area contributed by atoms with Crippen LogP contribution < -0.4 is 10.1 Å². The van der Waals surface area contributed by atoms with E-state index >= 15 is 0 Å². The predicted molar refractivity (Wildman–Crippen MR) is 113 cm³/mol. The van der Waals surface area contributed by atoms with Crippen molar-refractivity contribution in [2.45, 2.75) is 25.9 Å². The number of rotatable bonds is 5. The average Bonchev–Trinajstić information content (AvgIpc) is 2.71. The van der Waals surface area contributed by atoms with Gasteiger partial charge in [-0.05, 0) is 24.3 Å². The molecule has 1 N–H and O–H groups in total. The van der Waals surface area contributed by atoms with Gasteiger partial charge in [0.15, 0.2) is 0 Å². The summed E-state index contributed by atoms with van der Waals surface area (Å²) in [5.74, 6) is -0.124. The Morgan fingerprint density at radius 2 is 1.87 bits per heavy atom. The number of carbonyl (C=O) groups excluding carboxylic acids is 2. The van der Waals surface area contributed by atoms with Crippen LogP contribution in [0.2, 0.25) is 10.0 Å². The highest BCUT2D eigenvalue weighted by atomic mass is 35.5. The van der Waals surface area contributed by atoms with Gasteiger partial charge in [-0.1, -0.05) is 23.2 Å². The summed E-state index contributed by atoms with van der Waals surface area (Å²) in [5, 5.41) is 13.9. The van der Waals surface area contributed by atoms with Crippen molar-refractivity contribution in [3.8, 4) is 5.75 Å². The van der Waals surface area contributed by atoms with E-state index in [-0.39, 0.29) is 34.0 Å². The van der Waals surface area contributed by atoms with E-state index in [1.807, 2.05) is 0 Å². The molecule has 1 fully saturated rings. The quantitative estimate of drug-likeness (QED) is 0.530. The van der Waals surface area contributed by atoms with E-state index in [0.717, 1.165) is 6.07 Å². The molecule has 2 aromatic rings. The number of carbonyl (C=O) groups is 2. The maximum atomic E-state index is 12.8. The summed E-state index contributed by atoms with van der Waals surface area (Å²) in [4.78, 5) is 36.3. The van der Waals surface area contributed by atoms with Crippen molar-refractivity contribution < 1.29 is 19.2 Å². The van der Waals surface area contributed by atoms with Gasteiger partial charge in [0.05, 0.1) is 21.2 Å². The molecule has 30 heavy (non-hydrogen) atoms. The highest BCUT2D eigenvalue weighted by Crippen LogP contribution is 2.30. The molecule has 2 amide bonds. The van der Waals surface area contributed by atoms with Crippen molar-refractivity contribution in [2.24, 2.45) is 0 Å². The minimum atomic E-state index is -0.572. The van der Waals surface area contributed by atoms with E-state index < -0.39 is 10.8 Å². The molecule has 2 aromatic carbocycles. The van der Waals surface area contributed by atoms with Gasteiger partial charge >= 0.3 is 0 Å². The van der Waals surface area contributed by atoms with E-state index in [9.17, 15) is 19.7 Å². The molecule has 10 heteroatoms. The van der Waals surface area contributed by atoms with Crippen LogP contribution in [0.1, 0.15) is 30.1 Å². The summed E-state index contributed by atoms with van der Waals surface area (Å²) in [6.45, 7) is 2.72.